The van der Waals surface area contributed by atoms with E-state index in [1.54, 1.807) is 0 Å². The topological polar surface area (TPSA) is 42.2 Å². The maximum absolute atomic E-state index is 6.02. The van der Waals surface area contributed by atoms with Crippen LogP contribution in [0.4, 0.5) is 11.5 Å². The molecule has 3 rings (SSSR count). The summed E-state index contributed by atoms with van der Waals surface area (Å²) in [6, 6.07) is 2.77. The fourth-order valence-electron chi connectivity index (χ4n) is 3.59. The number of hydrogen-bond acceptors (Lipinski definition) is 3. The molecule has 2 fully saturated rings. The van der Waals surface area contributed by atoms with E-state index in [2.05, 4.69) is 16.0 Å². The summed E-state index contributed by atoms with van der Waals surface area (Å²) in [4.78, 5) is 7.09. The van der Waals surface area contributed by atoms with Gasteiger partial charge in [0.15, 0.2) is 0 Å². The molecule has 2 N–H and O–H groups in total. The zero-order valence-corrected chi connectivity index (χ0v) is 11.2. The monoisotopic (exact) mass is 245 g/mol. The van der Waals surface area contributed by atoms with Crippen LogP contribution in [0, 0.1) is 12.8 Å². The number of rotatable bonds is 2. The maximum atomic E-state index is 6.02. The summed E-state index contributed by atoms with van der Waals surface area (Å²) in [5.74, 6) is 1.98. The zero-order chi connectivity index (χ0) is 12.5. The minimum Gasteiger partial charge on any atom is -0.398 e. The Labute approximate surface area is 109 Å². The summed E-state index contributed by atoms with van der Waals surface area (Å²) in [5.41, 5.74) is 7.97. The van der Waals surface area contributed by atoms with Gasteiger partial charge in [-0.15, -0.1) is 0 Å². The van der Waals surface area contributed by atoms with E-state index in [1.807, 2.05) is 13.1 Å². The van der Waals surface area contributed by atoms with Crippen molar-refractivity contribution in [2.24, 2.45) is 5.92 Å². The van der Waals surface area contributed by atoms with E-state index in [-0.39, 0.29) is 0 Å². The Morgan fingerprint density at radius 3 is 2.72 bits per heavy atom. The van der Waals surface area contributed by atoms with Crippen LogP contribution >= 0.6 is 0 Å². The quantitative estimate of drug-likeness (QED) is 0.870. The van der Waals surface area contributed by atoms with Gasteiger partial charge < -0.3 is 10.6 Å². The lowest BCUT2D eigenvalue weighted by Crippen LogP contribution is -2.35. The van der Waals surface area contributed by atoms with Gasteiger partial charge >= 0.3 is 0 Å². The molecule has 1 aromatic heterocycles. The standard InChI is InChI=1S/C15H23N3/c1-11-10-17-15(9-13(11)16)18-8-4-7-14(18)12-5-2-3-6-12/h9-10,12,14H,2-8H2,1H3,(H2,16,17). The SMILES string of the molecule is Cc1cnc(N2CCCC2C2CCCC2)cc1N. The van der Waals surface area contributed by atoms with Gasteiger partial charge in [-0.1, -0.05) is 12.8 Å². The van der Waals surface area contributed by atoms with E-state index in [4.69, 9.17) is 5.73 Å². The minimum absolute atomic E-state index is 0.710. The second-order valence-corrected chi connectivity index (χ2v) is 5.85. The number of pyridine rings is 1. The summed E-state index contributed by atoms with van der Waals surface area (Å²) in [6.07, 6.45) is 10.2. The molecule has 18 heavy (non-hydrogen) atoms. The van der Waals surface area contributed by atoms with Crippen molar-refractivity contribution in [2.75, 3.05) is 17.2 Å². The lowest BCUT2D eigenvalue weighted by atomic mass is 9.96. The molecular formula is C15H23N3. The van der Waals surface area contributed by atoms with Gasteiger partial charge in [0.05, 0.1) is 0 Å². The molecule has 3 nitrogen and oxygen atoms in total. The average Bonchev–Trinajstić information content (AvgIpc) is 3.00. The molecule has 1 atom stereocenters. The van der Waals surface area contributed by atoms with Crippen LogP contribution in [0.2, 0.25) is 0 Å². The minimum atomic E-state index is 0.710. The zero-order valence-electron chi connectivity index (χ0n) is 11.2. The summed E-state index contributed by atoms with van der Waals surface area (Å²) >= 11 is 0. The van der Waals surface area contributed by atoms with Crippen molar-refractivity contribution in [3.05, 3.63) is 17.8 Å². The highest BCUT2D eigenvalue weighted by atomic mass is 15.2. The van der Waals surface area contributed by atoms with Gasteiger partial charge in [0, 0.05) is 30.5 Å². The summed E-state index contributed by atoms with van der Waals surface area (Å²) < 4.78 is 0. The Hall–Kier alpha value is -1.25. The normalized spacial score (nSPS) is 24.9. The molecule has 3 heteroatoms. The Morgan fingerprint density at radius 1 is 1.22 bits per heavy atom. The van der Waals surface area contributed by atoms with E-state index >= 15 is 0 Å². The van der Waals surface area contributed by atoms with Gasteiger partial charge in [-0.3, -0.25) is 0 Å². The van der Waals surface area contributed by atoms with Crippen molar-refractivity contribution >= 4 is 11.5 Å². The largest absolute Gasteiger partial charge is 0.398 e. The lowest BCUT2D eigenvalue weighted by molar-refractivity contribution is 0.429. The van der Waals surface area contributed by atoms with Crippen LogP contribution < -0.4 is 10.6 Å². The smallest absolute Gasteiger partial charge is 0.130 e. The maximum Gasteiger partial charge on any atom is 0.130 e. The summed E-state index contributed by atoms with van der Waals surface area (Å²) in [5, 5.41) is 0. The highest BCUT2D eigenvalue weighted by Gasteiger charge is 2.33. The van der Waals surface area contributed by atoms with E-state index in [9.17, 15) is 0 Å². The Bertz CT molecular complexity index is 424. The van der Waals surface area contributed by atoms with Gasteiger partial charge in [-0.05, 0) is 44.1 Å². The predicted octanol–water partition coefficient (Wildman–Crippen LogP) is 3.13. The fraction of sp³-hybridized carbons (Fsp3) is 0.667. The molecule has 0 radical (unpaired) electrons. The molecule has 1 aliphatic carbocycles. The first kappa shape index (κ1) is 11.8. The third-order valence-corrected chi connectivity index (χ3v) is 4.67. The van der Waals surface area contributed by atoms with E-state index in [0.717, 1.165) is 29.5 Å². The second-order valence-electron chi connectivity index (χ2n) is 5.85. The molecule has 0 bridgehead atoms. The van der Waals surface area contributed by atoms with Crippen LogP contribution in [0.1, 0.15) is 44.1 Å². The number of nitrogen functional groups attached to an aromatic ring is 1. The lowest BCUT2D eigenvalue weighted by Gasteiger charge is -2.30. The second kappa shape index (κ2) is 4.79. The first-order valence-corrected chi connectivity index (χ1v) is 7.24. The predicted molar refractivity (Wildman–Crippen MR) is 75.7 cm³/mol. The first-order valence-electron chi connectivity index (χ1n) is 7.24. The van der Waals surface area contributed by atoms with Gasteiger partial charge in [0.25, 0.3) is 0 Å². The van der Waals surface area contributed by atoms with Crippen molar-refractivity contribution in [3.63, 3.8) is 0 Å². The van der Waals surface area contributed by atoms with Crippen molar-refractivity contribution in [1.29, 1.82) is 0 Å². The molecule has 1 aliphatic heterocycles. The van der Waals surface area contributed by atoms with Gasteiger partial charge in [0.2, 0.25) is 0 Å². The number of hydrogen-bond donors (Lipinski definition) is 1. The van der Waals surface area contributed by atoms with E-state index in [0.29, 0.717) is 6.04 Å². The molecule has 2 heterocycles. The number of nitrogens with two attached hydrogens (primary N) is 1. The average molecular weight is 245 g/mol. The van der Waals surface area contributed by atoms with Crippen LogP contribution in [0.3, 0.4) is 0 Å². The van der Waals surface area contributed by atoms with Crippen molar-refractivity contribution in [2.45, 2.75) is 51.5 Å². The molecule has 98 valence electrons. The van der Waals surface area contributed by atoms with Crippen molar-refractivity contribution < 1.29 is 0 Å². The van der Waals surface area contributed by atoms with E-state index in [1.165, 1.54) is 38.5 Å². The molecule has 2 aliphatic rings. The fourth-order valence-corrected chi connectivity index (χ4v) is 3.59. The van der Waals surface area contributed by atoms with Crippen LogP contribution in [-0.2, 0) is 0 Å². The van der Waals surface area contributed by atoms with Crippen molar-refractivity contribution in [1.82, 2.24) is 4.98 Å². The number of aryl methyl sites for hydroxylation is 1. The third kappa shape index (κ3) is 2.06. The molecule has 0 spiro atoms. The van der Waals surface area contributed by atoms with Crippen LogP contribution in [0.5, 0.6) is 0 Å². The molecule has 1 aromatic rings. The first-order chi connectivity index (χ1) is 8.75. The summed E-state index contributed by atoms with van der Waals surface area (Å²) in [7, 11) is 0. The Balaban J connectivity index is 1.82. The number of nitrogens with zero attached hydrogens (tertiary/aromatic N) is 2. The van der Waals surface area contributed by atoms with Crippen LogP contribution in [0.15, 0.2) is 12.3 Å². The van der Waals surface area contributed by atoms with Gasteiger partial charge in [-0.2, -0.15) is 0 Å². The molecule has 0 aromatic carbocycles. The number of anilines is 2. The molecule has 1 unspecified atom stereocenters. The molecule has 0 amide bonds. The van der Waals surface area contributed by atoms with Gasteiger partial charge in [0.1, 0.15) is 5.82 Å². The summed E-state index contributed by atoms with van der Waals surface area (Å²) in [6.45, 7) is 3.17. The highest BCUT2D eigenvalue weighted by Crippen LogP contribution is 2.37. The Kier molecular flexibility index (Phi) is 3.14. The molecule has 1 saturated heterocycles. The molecular weight excluding hydrogens is 222 g/mol. The van der Waals surface area contributed by atoms with Crippen LogP contribution in [0.25, 0.3) is 0 Å². The van der Waals surface area contributed by atoms with E-state index < -0.39 is 0 Å². The Morgan fingerprint density at radius 2 is 2.00 bits per heavy atom. The third-order valence-electron chi connectivity index (χ3n) is 4.67. The number of aromatic nitrogens is 1. The highest BCUT2D eigenvalue weighted by molar-refractivity contribution is 5.55. The van der Waals surface area contributed by atoms with Gasteiger partial charge in [-0.25, -0.2) is 4.98 Å². The molecule has 1 saturated carbocycles. The van der Waals surface area contributed by atoms with Crippen LogP contribution in [-0.4, -0.2) is 17.6 Å². The van der Waals surface area contributed by atoms with Crippen molar-refractivity contribution in [3.8, 4) is 0 Å².